The number of aliphatic hydroxyl groups excluding tert-OH is 6. The highest BCUT2D eigenvalue weighted by atomic mass is 127. The Bertz CT molecular complexity index is 860. The number of carbonyl (C=O) groups is 3. The largest absolute Gasteiger partial charge is 0.394 e. The molecule has 4 atom stereocenters. The third kappa shape index (κ3) is 7.31. The van der Waals surface area contributed by atoms with Crippen LogP contribution in [0.4, 0.5) is 5.69 Å². The van der Waals surface area contributed by atoms with E-state index >= 15 is 0 Å². The maximum Gasteiger partial charge on any atom is 0.253 e. The van der Waals surface area contributed by atoms with Crippen LogP contribution in [0.25, 0.3) is 0 Å². The SMILES string of the molecule is CC(=O)N(C)c1c(I)c(C(=O)NC(CO)C(O)CO)c(I)c(C(=O)NC(CO)C(O)CO)c1I. The molecule has 34 heavy (non-hydrogen) atoms. The summed E-state index contributed by atoms with van der Waals surface area (Å²) in [6.07, 6.45) is -2.89. The van der Waals surface area contributed by atoms with E-state index in [1.165, 1.54) is 18.9 Å². The minimum atomic E-state index is -1.44. The van der Waals surface area contributed by atoms with Crippen molar-refractivity contribution in [1.82, 2.24) is 10.6 Å². The van der Waals surface area contributed by atoms with Crippen LogP contribution < -0.4 is 15.5 Å². The number of amides is 3. The molecule has 0 aliphatic rings. The summed E-state index contributed by atoms with van der Waals surface area (Å²) in [6.45, 7) is -1.48. The Morgan fingerprint density at radius 3 is 1.38 bits per heavy atom. The zero-order valence-corrected chi connectivity index (χ0v) is 24.6. The van der Waals surface area contributed by atoms with E-state index in [-0.39, 0.29) is 26.3 Å². The lowest BCUT2D eigenvalue weighted by Gasteiger charge is -2.27. The molecule has 1 aromatic rings. The molecule has 0 aromatic heterocycles. The van der Waals surface area contributed by atoms with Crippen molar-refractivity contribution in [3.63, 3.8) is 0 Å². The summed E-state index contributed by atoms with van der Waals surface area (Å²) in [6, 6.07) is -2.40. The lowest BCUT2D eigenvalue weighted by atomic mass is 10.0. The van der Waals surface area contributed by atoms with Crippen LogP contribution in [-0.2, 0) is 4.79 Å². The van der Waals surface area contributed by atoms with Gasteiger partial charge < -0.3 is 46.2 Å². The van der Waals surface area contributed by atoms with Crippen molar-refractivity contribution in [3.8, 4) is 0 Å². The van der Waals surface area contributed by atoms with Gasteiger partial charge in [0.05, 0.1) is 74.7 Å². The number of rotatable bonds is 11. The second-order valence-electron chi connectivity index (χ2n) is 7.14. The molecule has 15 heteroatoms. The van der Waals surface area contributed by atoms with Crippen LogP contribution in [0.1, 0.15) is 27.6 Å². The molecule has 0 aliphatic heterocycles. The fraction of sp³-hybridized carbons (Fsp3) is 0.526. The van der Waals surface area contributed by atoms with Gasteiger partial charge in [0.25, 0.3) is 11.8 Å². The van der Waals surface area contributed by atoms with Gasteiger partial charge in [0, 0.05) is 17.5 Å². The zero-order valence-electron chi connectivity index (χ0n) is 18.1. The Hall–Kier alpha value is -0.420. The summed E-state index contributed by atoms with van der Waals surface area (Å²) in [5.74, 6) is -1.95. The molecule has 0 radical (unpaired) electrons. The topological polar surface area (TPSA) is 200 Å². The Morgan fingerprint density at radius 2 is 1.12 bits per heavy atom. The average molecular weight is 821 g/mol. The molecule has 0 bridgehead atoms. The number of hydrogen-bond acceptors (Lipinski definition) is 9. The Labute approximate surface area is 236 Å². The number of nitrogens with one attached hydrogen (secondary N) is 2. The summed E-state index contributed by atoms with van der Waals surface area (Å²) in [4.78, 5) is 39.7. The van der Waals surface area contributed by atoms with Gasteiger partial charge in [-0.2, -0.15) is 0 Å². The molecule has 1 aromatic carbocycles. The Kier molecular flexibility index (Phi) is 13.3. The van der Waals surface area contributed by atoms with E-state index < -0.39 is 62.5 Å². The van der Waals surface area contributed by atoms with Crippen LogP contribution in [0, 0.1) is 10.7 Å². The summed E-state index contributed by atoms with van der Waals surface area (Å²) in [5.41, 5.74) is 0.194. The maximum atomic E-state index is 13.2. The van der Waals surface area contributed by atoms with Gasteiger partial charge in [0.15, 0.2) is 0 Å². The van der Waals surface area contributed by atoms with Crippen molar-refractivity contribution in [2.75, 3.05) is 38.4 Å². The highest BCUT2D eigenvalue weighted by Crippen LogP contribution is 2.37. The van der Waals surface area contributed by atoms with Crippen molar-refractivity contribution in [2.45, 2.75) is 31.2 Å². The number of aliphatic hydroxyl groups is 6. The minimum Gasteiger partial charge on any atom is -0.394 e. The Balaban J connectivity index is 3.73. The van der Waals surface area contributed by atoms with Crippen LogP contribution >= 0.6 is 67.8 Å². The molecular formula is C19H26I3N3O9. The molecular weight excluding hydrogens is 795 g/mol. The van der Waals surface area contributed by atoms with Crippen molar-refractivity contribution in [3.05, 3.63) is 21.8 Å². The fourth-order valence-electron chi connectivity index (χ4n) is 2.76. The summed E-state index contributed by atoms with van der Waals surface area (Å²) < 4.78 is 0.775. The highest BCUT2D eigenvalue weighted by Gasteiger charge is 2.33. The van der Waals surface area contributed by atoms with Gasteiger partial charge in [-0.05, 0) is 67.8 Å². The molecule has 0 heterocycles. The average Bonchev–Trinajstić information content (AvgIpc) is 2.79. The van der Waals surface area contributed by atoms with E-state index in [1.54, 1.807) is 22.6 Å². The van der Waals surface area contributed by atoms with E-state index in [9.17, 15) is 34.8 Å². The smallest absolute Gasteiger partial charge is 0.253 e. The van der Waals surface area contributed by atoms with Crippen LogP contribution in [-0.4, -0.2) is 106 Å². The molecule has 1 rings (SSSR count). The highest BCUT2D eigenvalue weighted by molar-refractivity contribution is 14.1. The first-order valence-corrected chi connectivity index (χ1v) is 13.0. The number of hydrogen-bond donors (Lipinski definition) is 8. The van der Waals surface area contributed by atoms with Crippen molar-refractivity contribution in [1.29, 1.82) is 0 Å². The van der Waals surface area contributed by atoms with E-state index in [1.807, 2.05) is 45.2 Å². The van der Waals surface area contributed by atoms with Crippen LogP contribution in [0.5, 0.6) is 0 Å². The second-order valence-corrected chi connectivity index (χ2v) is 10.4. The Morgan fingerprint density at radius 1 is 0.765 bits per heavy atom. The first kappa shape index (κ1) is 31.6. The van der Waals surface area contributed by atoms with Crippen molar-refractivity contribution in [2.24, 2.45) is 0 Å². The second kappa shape index (κ2) is 14.4. The van der Waals surface area contributed by atoms with Gasteiger partial charge in [-0.3, -0.25) is 14.4 Å². The monoisotopic (exact) mass is 821 g/mol. The maximum absolute atomic E-state index is 13.2. The third-order valence-electron chi connectivity index (χ3n) is 4.89. The van der Waals surface area contributed by atoms with Crippen LogP contribution in [0.2, 0.25) is 0 Å². The first-order valence-electron chi connectivity index (χ1n) is 9.73. The summed E-state index contributed by atoms with van der Waals surface area (Å²) >= 11 is 5.46. The van der Waals surface area contributed by atoms with E-state index in [0.717, 1.165) is 0 Å². The molecule has 8 N–H and O–H groups in total. The number of benzene rings is 1. The van der Waals surface area contributed by atoms with E-state index in [0.29, 0.717) is 7.14 Å². The van der Waals surface area contributed by atoms with E-state index in [4.69, 9.17) is 10.2 Å². The number of nitrogens with zero attached hydrogens (tertiary/aromatic N) is 1. The lowest BCUT2D eigenvalue weighted by Crippen LogP contribution is -2.48. The standard InChI is InChI=1S/C19H26I3N3O9/c1-7(30)25(2)17-15(21)12(18(33)23-8(3-26)10(31)5-28)14(20)13(16(17)22)19(34)24-9(4-27)11(32)6-29/h8-11,26-29,31-32H,3-6H2,1-2H3,(H,23,33)(H,24,34). The molecule has 4 unspecified atom stereocenters. The molecule has 3 amide bonds. The molecule has 0 spiro atoms. The van der Waals surface area contributed by atoms with Gasteiger partial charge in [-0.25, -0.2) is 0 Å². The van der Waals surface area contributed by atoms with Crippen molar-refractivity contribution >= 4 is 91.2 Å². The van der Waals surface area contributed by atoms with E-state index in [2.05, 4.69) is 10.6 Å². The van der Waals surface area contributed by atoms with Gasteiger partial charge in [-0.15, -0.1) is 0 Å². The molecule has 0 fully saturated rings. The third-order valence-corrected chi connectivity index (χ3v) is 8.06. The van der Waals surface area contributed by atoms with Crippen molar-refractivity contribution < 1.29 is 45.0 Å². The number of halogens is 3. The molecule has 0 saturated heterocycles. The molecule has 192 valence electrons. The molecule has 12 nitrogen and oxygen atoms in total. The summed E-state index contributed by atoms with van der Waals surface area (Å²) in [7, 11) is 1.45. The summed E-state index contributed by atoms with van der Waals surface area (Å²) in [5, 5.41) is 61.8. The first-order chi connectivity index (χ1) is 15.9. The van der Waals surface area contributed by atoms with Crippen LogP contribution in [0.15, 0.2) is 0 Å². The van der Waals surface area contributed by atoms with Gasteiger partial charge in [0.1, 0.15) is 0 Å². The zero-order chi connectivity index (χ0) is 26.3. The van der Waals surface area contributed by atoms with Gasteiger partial charge in [0.2, 0.25) is 5.91 Å². The van der Waals surface area contributed by atoms with Gasteiger partial charge in [-0.1, -0.05) is 0 Å². The van der Waals surface area contributed by atoms with Crippen LogP contribution in [0.3, 0.4) is 0 Å². The quantitative estimate of drug-likeness (QED) is 0.121. The predicted octanol–water partition coefficient (Wildman–Crippen LogP) is -1.63. The number of carbonyl (C=O) groups excluding carboxylic acids is 3. The normalized spacial score (nSPS) is 14.7. The number of anilines is 1. The predicted molar refractivity (Wildman–Crippen MR) is 147 cm³/mol. The lowest BCUT2D eigenvalue weighted by molar-refractivity contribution is -0.116. The fourth-order valence-corrected chi connectivity index (χ4v) is 7.63. The molecule has 0 aliphatic carbocycles. The molecule has 0 saturated carbocycles. The minimum absolute atomic E-state index is 0.0262. The van der Waals surface area contributed by atoms with Gasteiger partial charge >= 0.3 is 0 Å².